The van der Waals surface area contributed by atoms with E-state index in [1.165, 1.54) is 18.5 Å². The lowest BCUT2D eigenvalue weighted by Crippen LogP contribution is -2.08. The van der Waals surface area contributed by atoms with E-state index in [2.05, 4.69) is 15.3 Å². The number of phenols is 1. The van der Waals surface area contributed by atoms with E-state index in [9.17, 15) is 9.90 Å². The number of rotatable bonds is 4. The van der Waals surface area contributed by atoms with E-state index in [4.69, 9.17) is 4.74 Å². The Labute approximate surface area is 155 Å². The molecule has 132 valence electrons. The Hall–Kier alpha value is -3.93. The van der Waals surface area contributed by atoms with Crippen LogP contribution in [-0.4, -0.2) is 21.0 Å². The van der Waals surface area contributed by atoms with E-state index >= 15 is 0 Å². The summed E-state index contributed by atoms with van der Waals surface area (Å²) < 4.78 is 5.26. The van der Waals surface area contributed by atoms with E-state index < -0.39 is 5.97 Å². The van der Waals surface area contributed by atoms with E-state index in [-0.39, 0.29) is 11.3 Å². The zero-order valence-corrected chi connectivity index (χ0v) is 14.2. The molecule has 0 aliphatic heterocycles. The van der Waals surface area contributed by atoms with Gasteiger partial charge in [0.25, 0.3) is 0 Å². The van der Waals surface area contributed by atoms with Gasteiger partial charge in [-0.15, -0.1) is 0 Å². The topological polar surface area (TPSA) is 84.3 Å². The van der Waals surface area contributed by atoms with Gasteiger partial charge in [0.05, 0.1) is 5.52 Å². The van der Waals surface area contributed by atoms with Crippen molar-refractivity contribution in [2.24, 2.45) is 0 Å². The molecule has 0 aliphatic rings. The molecule has 0 fully saturated rings. The van der Waals surface area contributed by atoms with Gasteiger partial charge < -0.3 is 15.2 Å². The van der Waals surface area contributed by atoms with E-state index in [0.29, 0.717) is 17.3 Å². The molecule has 0 radical (unpaired) electrons. The number of esters is 1. The van der Waals surface area contributed by atoms with Crippen LogP contribution >= 0.6 is 0 Å². The average molecular weight is 357 g/mol. The highest BCUT2D eigenvalue weighted by Gasteiger charge is 2.14. The second-order valence-corrected chi connectivity index (χ2v) is 5.80. The van der Waals surface area contributed by atoms with Gasteiger partial charge in [0.1, 0.15) is 29.2 Å². The predicted molar refractivity (Wildman–Crippen MR) is 102 cm³/mol. The maximum Gasteiger partial charge on any atom is 0.347 e. The molecule has 0 saturated carbocycles. The second-order valence-electron chi connectivity index (χ2n) is 5.80. The van der Waals surface area contributed by atoms with Gasteiger partial charge >= 0.3 is 5.97 Å². The van der Waals surface area contributed by atoms with Gasteiger partial charge in [-0.25, -0.2) is 14.8 Å². The molecule has 0 aliphatic carbocycles. The number of hydrogen-bond donors (Lipinski definition) is 2. The van der Waals surface area contributed by atoms with Crippen molar-refractivity contribution in [3.05, 3.63) is 84.7 Å². The molecule has 6 heteroatoms. The van der Waals surface area contributed by atoms with Gasteiger partial charge in [-0.1, -0.05) is 30.3 Å². The van der Waals surface area contributed by atoms with E-state index in [1.54, 1.807) is 30.3 Å². The van der Waals surface area contributed by atoms with Crippen molar-refractivity contribution < 1.29 is 14.6 Å². The molecular formula is C21H15N3O3. The quantitative estimate of drug-likeness (QED) is 0.418. The van der Waals surface area contributed by atoms with Crippen molar-refractivity contribution in [1.82, 2.24) is 9.97 Å². The molecule has 3 aromatic carbocycles. The summed E-state index contributed by atoms with van der Waals surface area (Å²) in [6.07, 6.45) is 1.47. The van der Waals surface area contributed by atoms with Gasteiger partial charge in [-0.3, -0.25) is 0 Å². The van der Waals surface area contributed by atoms with Crippen molar-refractivity contribution in [1.29, 1.82) is 0 Å². The molecule has 2 N–H and O–H groups in total. The molecule has 6 nitrogen and oxygen atoms in total. The summed E-state index contributed by atoms with van der Waals surface area (Å²) in [7, 11) is 0. The molecule has 27 heavy (non-hydrogen) atoms. The smallest absolute Gasteiger partial charge is 0.347 e. The van der Waals surface area contributed by atoms with Crippen LogP contribution in [0.5, 0.6) is 11.5 Å². The molecule has 0 spiro atoms. The Morgan fingerprint density at radius 1 is 0.926 bits per heavy atom. The summed E-state index contributed by atoms with van der Waals surface area (Å²) in [5.41, 5.74) is 1.48. The maximum absolute atomic E-state index is 12.3. The molecule has 0 unspecified atom stereocenters. The average Bonchev–Trinajstić information content (AvgIpc) is 2.69. The summed E-state index contributed by atoms with van der Waals surface area (Å²) in [6, 6.07) is 20.9. The number of anilines is 2. The number of aromatic hydroxyl groups is 1. The zero-order chi connectivity index (χ0) is 18.6. The number of benzene rings is 3. The fraction of sp³-hybridized carbons (Fsp3) is 0. The third-order valence-corrected chi connectivity index (χ3v) is 3.98. The van der Waals surface area contributed by atoms with Crippen LogP contribution in [0.2, 0.25) is 0 Å². The lowest BCUT2D eigenvalue weighted by atomic mass is 10.1. The molecule has 0 bridgehead atoms. The molecule has 1 aromatic heterocycles. The number of nitrogens with zero attached hydrogens (tertiary/aromatic N) is 2. The van der Waals surface area contributed by atoms with Gasteiger partial charge in [0, 0.05) is 17.1 Å². The van der Waals surface area contributed by atoms with Crippen molar-refractivity contribution in [2.45, 2.75) is 0 Å². The van der Waals surface area contributed by atoms with E-state index in [0.717, 1.165) is 10.9 Å². The Balaban J connectivity index is 1.57. The lowest BCUT2D eigenvalue weighted by molar-refractivity contribution is 0.0731. The molecule has 0 amide bonds. The Kier molecular flexibility index (Phi) is 4.37. The number of ether oxygens (including phenoxy) is 1. The first kappa shape index (κ1) is 16.5. The van der Waals surface area contributed by atoms with Crippen molar-refractivity contribution in [3.8, 4) is 11.5 Å². The fourth-order valence-electron chi connectivity index (χ4n) is 2.67. The minimum Gasteiger partial charge on any atom is -0.507 e. The maximum atomic E-state index is 12.3. The number of para-hydroxylation sites is 2. The first-order chi connectivity index (χ1) is 13.2. The summed E-state index contributed by atoms with van der Waals surface area (Å²) in [4.78, 5) is 20.7. The van der Waals surface area contributed by atoms with Crippen LogP contribution in [0, 0.1) is 0 Å². The minimum absolute atomic E-state index is 0.0805. The molecule has 0 atom stereocenters. The van der Waals surface area contributed by atoms with Gasteiger partial charge in [0.15, 0.2) is 0 Å². The van der Waals surface area contributed by atoms with Crippen LogP contribution in [0.4, 0.5) is 11.5 Å². The van der Waals surface area contributed by atoms with Crippen molar-refractivity contribution in [3.63, 3.8) is 0 Å². The van der Waals surface area contributed by atoms with E-state index in [1.807, 2.05) is 30.3 Å². The lowest BCUT2D eigenvalue weighted by Gasteiger charge is -2.10. The van der Waals surface area contributed by atoms with Crippen LogP contribution in [0.25, 0.3) is 10.9 Å². The third-order valence-electron chi connectivity index (χ3n) is 3.98. The highest BCUT2D eigenvalue weighted by molar-refractivity contribution is 5.95. The number of carbonyl (C=O) groups excluding carboxylic acids is 1. The van der Waals surface area contributed by atoms with Crippen molar-refractivity contribution in [2.75, 3.05) is 5.32 Å². The first-order valence-electron chi connectivity index (χ1n) is 8.28. The SMILES string of the molecule is O=C(Oc1ccccc1)c1ccc(Nc2ncnc3ccccc23)cc1O. The van der Waals surface area contributed by atoms with Crippen LogP contribution in [0.1, 0.15) is 10.4 Å². The predicted octanol–water partition coefficient (Wildman–Crippen LogP) is 4.30. The molecule has 4 aromatic rings. The minimum atomic E-state index is -0.627. The highest BCUT2D eigenvalue weighted by atomic mass is 16.5. The molecule has 0 saturated heterocycles. The summed E-state index contributed by atoms with van der Waals surface area (Å²) >= 11 is 0. The van der Waals surface area contributed by atoms with Crippen LogP contribution in [-0.2, 0) is 0 Å². The zero-order valence-electron chi connectivity index (χ0n) is 14.2. The van der Waals surface area contributed by atoms with Crippen LogP contribution in [0.15, 0.2) is 79.1 Å². The Morgan fingerprint density at radius 3 is 2.52 bits per heavy atom. The van der Waals surface area contributed by atoms with Gasteiger partial charge in [0.2, 0.25) is 0 Å². The largest absolute Gasteiger partial charge is 0.507 e. The monoisotopic (exact) mass is 357 g/mol. The number of phenolic OH excluding ortho intramolecular Hbond substituents is 1. The Bertz CT molecular complexity index is 1110. The van der Waals surface area contributed by atoms with Crippen molar-refractivity contribution >= 4 is 28.4 Å². The summed E-state index contributed by atoms with van der Waals surface area (Å²) in [5.74, 6) is 0.216. The van der Waals surface area contributed by atoms with Crippen LogP contribution < -0.4 is 10.1 Å². The number of fused-ring (bicyclic) bond motifs is 1. The molecule has 1 heterocycles. The summed E-state index contributed by atoms with van der Waals surface area (Å²) in [6.45, 7) is 0. The number of aromatic nitrogens is 2. The second kappa shape index (κ2) is 7.13. The van der Waals surface area contributed by atoms with Gasteiger partial charge in [-0.05, 0) is 36.4 Å². The normalized spacial score (nSPS) is 10.5. The number of nitrogens with one attached hydrogen (secondary N) is 1. The third kappa shape index (κ3) is 3.55. The highest BCUT2D eigenvalue weighted by Crippen LogP contribution is 2.27. The molecular weight excluding hydrogens is 342 g/mol. The van der Waals surface area contributed by atoms with Crippen LogP contribution in [0.3, 0.4) is 0 Å². The molecule has 4 rings (SSSR count). The van der Waals surface area contributed by atoms with Gasteiger partial charge in [-0.2, -0.15) is 0 Å². The standard InChI is InChI=1S/C21H15N3O3/c25-19-12-14(24-20-16-8-4-5-9-18(16)22-13-23-20)10-11-17(19)21(26)27-15-6-2-1-3-7-15/h1-13,25H,(H,22,23,24). The Morgan fingerprint density at radius 2 is 1.70 bits per heavy atom. The number of carbonyl (C=O) groups is 1. The fourth-order valence-corrected chi connectivity index (χ4v) is 2.67. The summed E-state index contributed by atoms with van der Waals surface area (Å²) in [5, 5.41) is 14.3. The number of hydrogen-bond acceptors (Lipinski definition) is 6. The first-order valence-corrected chi connectivity index (χ1v) is 8.28.